The van der Waals surface area contributed by atoms with Crippen LogP contribution in [0.25, 0.3) is 0 Å². The predicted octanol–water partition coefficient (Wildman–Crippen LogP) is 4.92. The zero-order chi connectivity index (χ0) is 25.9. The Balaban J connectivity index is 2.18. The third-order valence-corrected chi connectivity index (χ3v) is 6.05. The molecule has 0 bridgehead atoms. The first kappa shape index (κ1) is 27.7. The van der Waals surface area contributed by atoms with E-state index in [1.165, 1.54) is 0 Å². The van der Waals surface area contributed by atoms with Crippen LogP contribution in [0, 0.1) is 5.92 Å². The molecule has 2 atom stereocenters. The highest BCUT2D eigenvalue weighted by atomic mass is 32.1. The minimum Gasteiger partial charge on any atom is -0.481 e. The van der Waals surface area contributed by atoms with Crippen molar-refractivity contribution in [2.45, 2.75) is 82.5 Å². The summed E-state index contributed by atoms with van der Waals surface area (Å²) in [4.78, 5) is 40.0. The number of carbonyl (C=O) groups is 3. The van der Waals surface area contributed by atoms with Crippen LogP contribution < -0.4 is 10.6 Å². The quantitative estimate of drug-likeness (QED) is 0.444. The van der Waals surface area contributed by atoms with E-state index in [0.29, 0.717) is 11.3 Å². The predicted molar refractivity (Wildman–Crippen MR) is 112 cm³/mol. The summed E-state index contributed by atoms with van der Waals surface area (Å²) in [5.41, 5.74) is -0.890. The number of hydrogen-bond acceptors (Lipinski definition) is 6. The Morgan fingerprint density at radius 3 is 2.32 bits per heavy atom. The average molecular weight is 516 g/mol. The molecule has 2 rings (SSSR count). The lowest BCUT2D eigenvalue weighted by Gasteiger charge is -2.33. The Kier molecular flexibility index (Phi) is 8.48. The Morgan fingerprint density at radius 2 is 1.82 bits per heavy atom. The van der Waals surface area contributed by atoms with E-state index in [4.69, 9.17) is 9.84 Å². The molecule has 1 aliphatic carbocycles. The molecule has 2 amide bonds. The maximum absolute atomic E-state index is 13.6. The van der Waals surface area contributed by atoms with E-state index in [-0.39, 0.29) is 22.9 Å². The summed E-state index contributed by atoms with van der Waals surface area (Å²) in [5.74, 6) is -7.96. The van der Waals surface area contributed by atoms with Gasteiger partial charge in [0.15, 0.2) is 5.13 Å². The molecular weight excluding hydrogens is 489 g/mol. The number of carbonyl (C=O) groups excluding carboxylic acids is 2. The molecule has 1 unspecified atom stereocenters. The van der Waals surface area contributed by atoms with Crippen LogP contribution in [0.3, 0.4) is 0 Å². The average Bonchev–Trinajstić information content (AvgIpc) is 3.10. The van der Waals surface area contributed by atoms with Crippen molar-refractivity contribution in [3.8, 4) is 0 Å². The largest absolute Gasteiger partial charge is 0.481 e. The number of ether oxygens (including phenoxy) is 1. The van der Waals surface area contributed by atoms with Crippen molar-refractivity contribution in [2.24, 2.45) is 5.92 Å². The minimum atomic E-state index is -4.73. The maximum Gasteiger partial charge on any atom is 0.408 e. The van der Waals surface area contributed by atoms with Gasteiger partial charge in [-0.15, -0.1) is 11.3 Å². The summed E-state index contributed by atoms with van der Waals surface area (Å²) in [5, 5.41) is 13.7. The summed E-state index contributed by atoms with van der Waals surface area (Å²) >= 11 is 0.543. The van der Waals surface area contributed by atoms with Crippen LogP contribution in [0.4, 0.5) is 31.9 Å². The molecule has 14 heteroatoms. The Hall–Kier alpha value is -2.51. The summed E-state index contributed by atoms with van der Waals surface area (Å²) in [6.45, 7) is 4.79. The van der Waals surface area contributed by atoms with Crippen LogP contribution in [0.15, 0.2) is 6.20 Å². The normalized spacial score (nSPS) is 18.6. The van der Waals surface area contributed by atoms with Crippen molar-refractivity contribution in [1.29, 1.82) is 0 Å². The number of nitrogens with one attached hydrogen (secondary N) is 2. The van der Waals surface area contributed by atoms with E-state index in [0.717, 1.165) is 6.20 Å². The summed E-state index contributed by atoms with van der Waals surface area (Å²) in [6.07, 6.45) is -7.44. The molecule has 1 heterocycles. The molecule has 0 aliphatic heterocycles. The highest BCUT2D eigenvalue weighted by Gasteiger charge is 2.41. The van der Waals surface area contributed by atoms with Crippen LogP contribution in [0.2, 0.25) is 0 Å². The summed E-state index contributed by atoms with van der Waals surface area (Å²) in [7, 11) is 0. The van der Waals surface area contributed by atoms with Crippen LogP contribution in [0.1, 0.15) is 63.7 Å². The molecule has 0 radical (unpaired) electrons. The second-order valence-electron chi connectivity index (χ2n) is 9.08. The zero-order valence-corrected chi connectivity index (χ0v) is 19.5. The number of rotatable bonds is 7. The van der Waals surface area contributed by atoms with E-state index < -0.39 is 72.8 Å². The van der Waals surface area contributed by atoms with Gasteiger partial charge in [-0.2, -0.15) is 13.2 Å². The van der Waals surface area contributed by atoms with Gasteiger partial charge in [-0.1, -0.05) is 0 Å². The smallest absolute Gasteiger partial charge is 0.408 e. The van der Waals surface area contributed by atoms with Gasteiger partial charge >= 0.3 is 18.2 Å². The van der Waals surface area contributed by atoms with Crippen LogP contribution in [-0.2, 0) is 14.3 Å². The Morgan fingerprint density at radius 1 is 1.24 bits per heavy atom. The second-order valence-corrected chi connectivity index (χ2v) is 10.1. The number of thiazole rings is 1. The molecule has 1 aliphatic rings. The molecule has 3 N–H and O–H groups in total. The number of hydrogen-bond donors (Lipinski definition) is 3. The second kappa shape index (κ2) is 10.4. The van der Waals surface area contributed by atoms with E-state index in [9.17, 15) is 36.3 Å². The lowest BCUT2D eigenvalue weighted by atomic mass is 9.81. The summed E-state index contributed by atoms with van der Waals surface area (Å²) in [6, 6.07) is -1.27. The van der Waals surface area contributed by atoms with Crippen LogP contribution in [0.5, 0.6) is 0 Å². The van der Waals surface area contributed by atoms with Gasteiger partial charge in [0.25, 0.3) is 0 Å². The van der Waals surface area contributed by atoms with Gasteiger partial charge < -0.3 is 20.5 Å². The molecule has 0 aromatic carbocycles. The van der Waals surface area contributed by atoms with Gasteiger partial charge in [-0.25, -0.2) is 18.6 Å². The highest BCUT2D eigenvalue weighted by Crippen LogP contribution is 2.38. The number of alkyl halides is 5. The third-order valence-electron chi connectivity index (χ3n) is 5.02. The number of carboxylic acids is 1. The van der Waals surface area contributed by atoms with E-state index >= 15 is 0 Å². The van der Waals surface area contributed by atoms with Gasteiger partial charge in [-0.3, -0.25) is 9.59 Å². The Labute approximate surface area is 196 Å². The molecule has 0 spiro atoms. The molecule has 8 nitrogen and oxygen atoms in total. The van der Waals surface area contributed by atoms with E-state index in [2.05, 4.69) is 15.6 Å². The molecule has 1 saturated carbocycles. The lowest BCUT2D eigenvalue weighted by molar-refractivity contribution is -0.156. The SMILES string of the molecule is CC(C)(C)OC(=O)N[C@H](C(=O)Nc1ncc(C(CC(F)(F)F)C(=O)O)s1)C1CCC(F)(F)CC1. The fourth-order valence-electron chi connectivity index (χ4n) is 3.46. The van der Waals surface area contributed by atoms with Crippen molar-refractivity contribution in [2.75, 3.05) is 5.32 Å². The fourth-order valence-corrected chi connectivity index (χ4v) is 4.37. The fraction of sp³-hybridized carbons (Fsp3) is 0.700. The number of alkyl carbamates (subject to hydrolysis) is 1. The monoisotopic (exact) mass is 515 g/mol. The van der Waals surface area contributed by atoms with Crippen molar-refractivity contribution in [3.05, 3.63) is 11.1 Å². The van der Waals surface area contributed by atoms with Crippen molar-refractivity contribution >= 4 is 34.4 Å². The minimum absolute atomic E-state index is 0.0589. The number of aliphatic carboxylic acids is 1. The summed E-state index contributed by atoms with van der Waals surface area (Å²) < 4.78 is 70.5. The molecular formula is C20H26F5N3O5S. The molecule has 1 aromatic rings. The van der Waals surface area contributed by atoms with Gasteiger partial charge in [0.2, 0.25) is 11.8 Å². The first-order valence-electron chi connectivity index (χ1n) is 10.4. The van der Waals surface area contributed by atoms with Gasteiger partial charge in [0.1, 0.15) is 17.6 Å². The van der Waals surface area contributed by atoms with Gasteiger partial charge in [-0.05, 0) is 39.5 Å². The standard InChI is InChI=1S/C20H26F5N3O5S/c1-18(2,3)33-17(32)27-13(10-4-6-19(21,22)7-5-10)14(29)28-16-26-9-12(34-16)11(15(30)31)8-20(23,24)25/h9-11,13H,4-8H2,1-3H3,(H,27,32)(H,30,31)(H,26,28,29)/t11?,13-/m0/s1. The van der Waals surface area contributed by atoms with Crippen LogP contribution >= 0.6 is 11.3 Å². The zero-order valence-electron chi connectivity index (χ0n) is 18.7. The third kappa shape index (κ3) is 8.69. The number of aromatic nitrogens is 1. The van der Waals surface area contributed by atoms with Crippen LogP contribution in [-0.4, -0.2) is 51.8 Å². The number of amides is 2. The number of anilines is 1. The molecule has 1 aromatic heterocycles. The van der Waals surface area contributed by atoms with E-state index in [1.807, 2.05) is 0 Å². The first-order valence-corrected chi connectivity index (χ1v) is 11.2. The topological polar surface area (TPSA) is 118 Å². The first-order chi connectivity index (χ1) is 15.5. The van der Waals surface area contributed by atoms with Gasteiger partial charge in [0.05, 0.1) is 6.42 Å². The number of halogens is 5. The molecule has 0 saturated heterocycles. The van der Waals surface area contributed by atoms with Crippen molar-refractivity contribution in [3.63, 3.8) is 0 Å². The number of carboxylic acid groups (broad SMARTS) is 1. The molecule has 34 heavy (non-hydrogen) atoms. The van der Waals surface area contributed by atoms with Crippen molar-refractivity contribution < 1.29 is 46.2 Å². The van der Waals surface area contributed by atoms with E-state index in [1.54, 1.807) is 20.8 Å². The maximum atomic E-state index is 13.6. The highest BCUT2D eigenvalue weighted by molar-refractivity contribution is 7.15. The molecule has 192 valence electrons. The van der Waals surface area contributed by atoms with Crippen molar-refractivity contribution in [1.82, 2.24) is 10.3 Å². The Bertz CT molecular complexity index is 890. The molecule has 1 fully saturated rings. The lowest BCUT2D eigenvalue weighted by Crippen LogP contribution is -2.51. The number of nitrogens with zero attached hydrogens (tertiary/aromatic N) is 1. The van der Waals surface area contributed by atoms with Gasteiger partial charge in [0, 0.05) is 23.9 Å².